The van der Waals surface area contributed by atoms with Gasteiger partial charge in [0.25, 0.3) is 0 Å². The molecule has 35 heavy (non-hydrogen) atoms. The van der Waals surface area contributed by atoms with Crippen LogP contribution in [-0.4, -0.2) is 6.61 Å². The monoisotopic (exact) mass is 492 g/mol. The van der Waals surface area contributed by atoms with Gasteiger partial charge in [0.15, 0.2) is 29.1 Å². The Bertz CT molecular complexity index is 1180. The molecule has 0 amide bonds. The summed E-state index contributed by atoms with van der Waals surface area (Å²) in [5, 5.41) is 0. The summed E-state index contributed by atoms with van der Waals surface area (Å²) >= 11 is 0. The van der Waals surface area contributed by atoms with Crippen molar-refractivity contribution in [1.29, 1.82) is 0 Å². The number of rotatable bonds is 7. The van der Waals surface area contributed by atoms with Crippen LogP contribution in [0.25, 0.3) is 11.1 Å². The van der Waals surface area contributed by atoms with E-state index in [1.807, 2.05) is 6.07 Å². The molecule has 0 bridgehead atoms. The van der Waals surface area contributed by atoms with Crippen molar-refractivity contribution in [1.82, 2.24) is 0 Å². The Morgan fingerprint density at radius 3 is 2.09 bits per heavy atom. The van der Waals surface area contributed by atoms with E-state index in [9.17, 15) is 26.3 Å². The van der Waals surface area contributed by atoms with Crippen molar-refractivity contribution in [2.45, 2.75) is 57.5 Å². The van der Waals surface area contributed by atoms with E-state index in [2.05, 4.69) is 6.92 Å². The van der Waals surface area contributed by atoms with Crippen LogP contribution < -0.4 is 0 Å². The highest BCUT2D eigenvalue weighted by atomic mass is 19.2. The van der Waals surface area contributed by atoms with Crippen LogP contribution in [0.3, 0.4) is 0 Å². The van der Waals surface area contributed by atoms with E-state index >= 15 is 0 Å². The first-order chi connectivity index (χ1) is 16.8. The molecule has 1 nitrogen and oxygen atoms in total. The van der Waals surface area contributed by atoms with Gasteiger partial charge < -0.3 is 4.74 Å². The SMILES string of the molecule is CCCCCc1ccc(C2CCC(c3ccc(-c4cc(F)c(F)c(F)c4)c(F)c3F)CO2)c(F)c1. The average molecular weight is 493 g/mol. The lowest BCUT2D eigenvalue weighted by Gasteiger charge is -2.30. The zero-order chi connectivity index (χ0) is 25.1. The fraction of sp³-hybridized carbons (Fsp3) is 0.357. The molecular formula is C28H26F6O. The number of hydrogen-bond donors (Lipinski definition) is 0. The minimum atomic E-state index is -1.68. The van der Waals surface area contributed by atoms with Gasteiger partial charge >= 0.3 is 0 Å². The Labute approximate surface area is 200 Å². The molecule has 3 aromatic rings. The number of ether oxygens (including phenoxy) is 1. The number of halogens is 6. The maximum atomic E-state index is 14.9. The quantitative estimate of drug-likeness (QED) is 0.182. The molecule has 186 valence electrons. The maximum absolute atomic E-state index is 14.9. The van der Waals surface area contributed by atoms with E-state index in [-0.39, 0.29) is 29.1 Å². The fourth-order valence-corrected chi connectivity index (χ4v) is 4.62. The van der Waals surface area contributed by atoms with Gasteiger partial charge in [-0.3, -0.25) is 0 Å². The lowest BCUT2D eigenvalue weighted by molar-refractivity contribution is -0.000315. The molecule has 1 fully saturated rings. The topological polar surface area (TPSA) is 9.23 Å². The molecule has 1 heterocycles. The van der Waals surface area contributed by atoms with Gasteiger partial charge in [0, 0.05) is 17.0 Å². The molecule has 3 aromatic carbocycles. The summed E-state index contributed by atoms with van der Waals surface area (Å²) in [4.78, 5) is 0. The van der Waals surface area contributed by atoms with Gasteiger partial charge in [-0.25, -0.2) is 26.3 Å². The van der Waals surface area contributed by atoms with E-state index in [1.54, 1.807) is 6.07 Å². The van der Waals surface area contributed by atoms with Crippen LogP contribution in [-0.2, 0) is 11.2 Å². The molecule has 0 spiro atoms. The molecule has 2 unspecified atom stereocenters. The summed E-state index contributed by atoms with van der Waals surface area (Å²) in [6, 6.07) is 8.96. The van der Waals surface area contributed by atoms with Gasteiger partial charge in [-0.15, -0.1) is 0 Å². The summed E-state index contributed by atoms with van der Waals surface area (Å²) in [6.07, 6.45) is 4.39. The van der Waals surface area contributed by atoms with Crippen LogP contribution in [0.4, 0.5) is 26.3 Å². The van der Waals surface area contributed by atoms with Crippen molar-refractivity contribution in [3.05, 3.63) is 94.1 Å². The number of aryl methyl sites for hydroxylation is 1. The smallest absolute Gasteiger partial charge is 0.194 e. The van der Waals surface area contributed by atoms with Crippen molar-refractivity contribution in [2.24, 2.45) is 0 Å². The second kappa shape index (κ2) is 10.9. The molecule has 2 atom stereocenters. The lowest BCUT2D eigenvalue weighted by Crippen LogP contribution is -2.21. The highest BCUT2D eigenvalue weighted by Gasteiger charge is 2.29. The molecular weight excluding hydrogens is 466 g/mol. The summed E-state index contributed by atoms with van der Waals surface area (Å²) in [6.45, 7) is 2.18. The Kier molecular flexibility index (Phi) is 7.85. The first kappa shape index (κ1) is 25.3. The standard InChI is InChI=1S/C28H26F6O/c1-2-3-4-5-16-6-8-21(22(29)12-16)25-11-7-17(15-35-25)19-9-10-20(27(33)26(19)32)18-13-23(30)28(34)24(31)14-18/h6,8-10,12-14,17,25H,2-5,7,11,15H2,1H3. The predicted molar refractivity (Wildman–Crippen MR) is 122 cm³/mol. The molecule has 1 saturated heterocycles. The van der Waals surface area contributed by atoms with Gasteiger partial charge in [0.05, 0.1) is 12.7 Å². The minimum Gasteiger partial charge on any atom is -0.373 e. The normalized spacial score (nSPS) is 18.1. The second-order valence-electron chi connectivity index (χ2n) is 8.99. The molecule has 1 aliphatic rings. The third-order valence-corrected chi connectivity index (χ3v) is 6.60. The predicted octanol–water partition coefficient (Wildman–Crippen LogP) is 8.56. The molecule has 4 rings (SSSR count). The van der Waals surface area contributed by atoms with Crippen molar-refractivity contribution < 1.29 is 31.1 Å². The Morgan fingerprint density at radius 1 is 0.743 bits per heavy atom. The molecule has 0 aromatic heterocycles. The third kappa shape index (κ3) is 5.40. The minimum absolute atomic E-state index is 0.0673. The first-order valence-corrected chi connectivity index (χ1v) is 11.8. The summed E-state index contributed by atoms with van der Waals surface area (Å²) in [5.74, 6) is -7.88. The molecule has 1 aliphatic heterocycles. The third-order valence-electron chi connectivity index (χ3n) is 6.60. The highest BCUT2D eigenvalue weighted by Crippen LogP contribution is 2.39. The van der Waals surface area contributed by atoms with Gasteiger partial charge in [-0.05, 0) is 60.6 Å². The van der Waals surface area contributed by atoms with Crippen LogP contribution in [0.15, 0.2) is 42.5 Å². The van der Waals surface area contributed by atoms with Gasteiger partial charge in [0.2, 0.25) is 0 Å². The Morgan fingerprint density at radius 2 is 1.46 bits per heavy atom. The van der Waals surface area contributed by atoms with Crippen LogP contribution in [0, 0.1) is 34.9 Å². The number of benzene rings is 3. The van der Waals surface area contributed by atoms with Crippen molar-refractivity contribution in [3.63, 3.8) is 0 Å². The van der Waals surface area contributed by atoms with Gasteiger partial charge in [0.1, 0.15) is 5.82 Å². The van der Waals surface area contributed by atoms with E-state index in [1.165, 1.54) is 18.2 Å². The summed E-state index contributed by atoms with van der Waals surface area (Å²) in [7, 11) is 0. The average Bonchev–Trinajstić information content (AvgIpc) is 2.84. The Balaban J connectivity index is 1.47. The van der Waals surface area contributed by atoms with Crippen LogP contribution in [0.2, 0.25) is 0 Å². The molecule has 0 radical (unpaired) electrons. The van der Waals surface area contributed by atoms with E-state index < -0.39 is 41.1 Å². The molecule has 0 aliphatic carbocycles. The maximum Gasteiger partial charge on any atom is 0.194 e. The largest absolute Gasteiger partial charge is 0.373 e. The molecule has 0 saturated carbocycles. The zero-order valence-corrected chi connectivity index (χ0v) is 19.3. The van der Waals surface area contributed by atoms with Gasteiger partial charge in [-0.1, -0.05) is 44.0 Å². The van der Waals surface area contributed by atoms with E-state index in [0.717, 1.165) is 31.2 Å². The van der Waals surface area contributed by atoms with Crippen LogP contribution in [0.5, 0.6) is 0 Å². The van der Waals surface area contributed by atoms with Crippen molar-refractivity contribution >= 4 is 0 Å². The lowest BCUT2D eigenvalue weighted by atomic mass is 9.87. The summed E-state index contributed by atoms with van der Waals surface area (Å²) in [5.41, 5.74) is 0.772. The zero-order valence-electron chi connectivity index (χ0n) is 19.3. The fourth-order valence-electron chi connectivity index (χ4n) is 4.62. The highest BCUT2D eigenvalue weighted by molar-refractivity contribution is 5.65. The number of unbranched alkanes of at least 4 members (excludes halogenated alkanes) is 2. The molecule has 0 N–H and O–H groups in total. The van der Waals surface area contributed by atoms with Crippen molar-refractivity contribution in [2.75, 3.05) is 6.61 Å². The summed E-state index contributed by atoms with van der Waals surface area (Å²) < 4.78 is 90.6. The van der Waals surface area contributed by atoms with E-state index in [0.29, 0.717) is 30.5 Å². The van der Waals surface area contributed by atoms with E-state index in [4.69, 9.17) is 4.74 Å². The van der Waals surface area contributed by atoms with Gasteiger partial charge in [-0.2, -0.15) is 0 Å². The first-order valence-electron chi connectivity index (χ1n) is 11.8. The van der Waals surface area contributed by atoms with Crippen LogP contribution in [0.1, 0.15) is 67.7 Å². The second-order valence-corrected chi connectivity index (χ2v) is 8.99. The molecule has 7 heteroatoms. The van der Waals surface area contributed by atoms with Crippen LogP contribution >= 0.6 is 0 Å². The Hall–Kier alpha value is -2.80. The van der Waals surface area contributed by atoms with Crippen molar-refractivity contribution in [3.8, 4) is 11.1 Å². The number of hydrogen-bond acceptors (Lipinski definition) is 1.